The number of thioether (sulfide) groups is 3. The number of aliphatic carboxylic acids is 1. The number of carboxylic acid groups (broad SMARTS) is 1. The number of benzene rings is 3. The smallest absolute Gasteiger partial charge is 0.326 e. The molecule has 3 atom stereocenters. The molecule has 3 unspecified atom stereocenters. The molecule has 0 saturated carbocycles. The van der Waals surface area contributed by atoms with Crippen LogP contribution in [0, 0.1) is 12.8 Å². The quantitative estimate of drug-likeness (QED) is 0.105. The van der Waals surface area contributed by atoms with Crippen molar-refractivity contribution < 1.29 is 19.4 Å². The summed E-state index contributed by atoms with van der Waals surface area (Å²) in [6.45, 7) is 19.1. The van der Waals surface area contributed by atoms with Crippen LogP contribution in [-0.2, 0) is 16.0 Å². The number of rotatable bonds is 17. The number of hydrogen-bond acceptors (Lipinski definition) is 6. The number of amides is 1. The fourth-order valence-electron chi connectivity index (χ4n) is 4.86. The van der Waals surface area contributed by atoms with E-state index in [0.717, 1.165) is 35.3 Å². The molecule has 3 rings (SSSR count). The van der Waals surface area contributed by atoms with Crippen molar-refractivity contribution in [1.29, 1.82) is 0 Å². The minimum absolute atomic E-state index is 0.348. The monoisotopic (exact) mass is 753 g/mol. The van der Waals surface area contributed by atoms with Gasteiger partial charge in [-0.25, -0.2) is 4.79 Å². The summed E-state index contributed by atoms with van der Waals surface area (Å²) in [6.07, 6.45) is 11.5. The van der Waals surface area contributed by atoms with Crippen LogP contribution in [-0.4, -0.2) is 60.3 Å². The average molecular weight is 754 g/mol. The molecule has 0 saturated heterocycles. The standard InChI is InChI=1S/C21H25NO3S.C14H22OS.C6H10S.C2H6/c1-4-15-9-10-17(18(13-15)16-8-6-5-7-14(16)2)20(23)22-19(21(24)25)11-12-26-3;1-4-13(10-12(2)11-15-3)16-14-8-6-5-7-9-14;1-4-5-6(2)7-3;1-2/h5-10,13,19H,4,11-12H2,1-3H3,(H,22,23)(H,24,25);5-9,12-13H,4,10-11H2,1-3H3;4-5H,1H2,2-3H3;1-2H3/b;;6-5+;. The topological polar surface area (TPSA) is 75.6 Å². The number of aryl methyl sites for hydroxylation is 2. The first-order valence-corrected chi connectivity index (χ1v) is 21.3. The van der Waals surface area contributed by atoms with Gasteiger partial charge in [-0.2, -0.15) is 11.8 Å². The van der Waals surface area contributed by atoms with E-state index in [2.05, 4.69) is 76.2 Å². The van der Waals surface area contributed by atoms with Gasteiger partial charge < -0.3 is 15.2 Å². The summed E-state index contributed by atoms with van der Waals surface area (Å²) in [4.78, 5) is 27.0. The molecule has 0 aromatic heterocycles. The molecule has 0 aliphatic rings. The lowest BCUT2D eigenvalue weighted by molar-refractivity contribution is -0.139. The van der Waals surface area contributed by atoms with Crippen LogP contribution < -0.4 is 5.32 Å². The molecule has 0 radical (unpaired) electrons. The van der Waals surface area contributed by atoms with E-state index in [0.29, 0.717) is 28.9 Å². The zero-order valence-corrected chi connectivity index (χ0v) is 35.1. The predicted octanol–water partition coefficient (Wildman–Crippen LogP) is 11.9. The highest BCUT2D eigenvalue weighted by Crippen LogP contribution is 2.30. The molecular weight excluding hydrogens is 691 g/mol. The highest BCUT2D eigenvalue weighted by molar-refractivity contribution is 8.02. The number of carboxylic acids is 1. The largest absolute Gasteiger partial charge is 0.480 e. The second-order valence-corrected chi connectivity index (χ2v) is 15.1. The second-order valence-electron chi connectivity index (χ2n) is 11.7. The van der Waals surface area contributed by atoms with Gasteiger partial charge in [-0.3, -0.25) is 4.79 Å². The third kappa shape index (κ3) is 20.1. The van der Waals surface area contributed by atoms with Crippen molar-refractivity contribution in [2.24, 2.45) is 5.92 Å². The van der Waals surface area contributed by atoms with E-state index in [1.807, 2.05) is 81.3 Å². The highest BCUT2D eigenvalue weighted by Gasteiger charge is 2.22. The van der Waals surface area contributed by atoms with Gasteiger partial charge in [0.15, 0.2) is 0 Å². The van der Waals surface area contributed by atoms with E-state index in [9.17, 15) is 14.7 Å². The molecule has 8 heteroatoms. The van der Waals surface area contributed by atoms with Crippen molar-refractivity contribution in [2.75, 3.05) is 32.0 Å². The average Bonchev–Trinajstić information content (AvgIpc) is 3.14. The van der Waals surface area contributed by atoms with Crippen molar-refractivity contribution in [3.05, 3.63) is 113 Å². The maximum Gasteiger partial charge on any atom is 0.326 e. The molecule has 0 heterocycles. The van der Waals surface area contributed by atoms with E-state index in [-0.39, 0.29) is 5.91 Å². The number of allylic oxidation sites excluding steroid dienone is 3. The first-order valence-electron chi connectivity index (χ1n) is 17.8. The Kier molecular flexibility index (Phi) is 28.0. The van der Waals surface area contributed by atoms with Crippen molar-refractivity contribution in [3.8, 4) is 11.1 Å². The number of methoxy groups -OCH3 is 1. The van der Waals surface area contributed by atoms with Gasteiger partial charge in [0.2, 0.25) is 0 Å². The van der Waals surface area contributed by atoms with Crippen LogP contribution in [0.15, 0.2) is 101 Å². The third-order valence-electron chi connectivity index (χ3n) is 7.68. The zero-order chi connectivity index (χ0) is 38.6. The summed E-state index contributed by atoms with van der Waals surface area (Å²) in [7, 11) is 1.78. The fourth-order valence-corrected chi connectivity index (χ4v) is 6.86. The number of hydrogen-bond donors (Lipinski definition) is 2. The Bertz CT molecular complexity index is 1430. The van der Waals surface area contributed by atoms with Crippen molar-refractivity contribution >= 4 is 47.2 Å². The van der Waals surface area contributed by atoms with Crippen LogP contribution in [0.3, 0.4) is 0 Å². The molecule has 2 N–H and O–H groups in total. The molecule has 0 aliphatic carbocycles. The van der Waals surface area contributed by atoms with Gasteiger partial charge in [0.1, 0.15) is 6.04 Å². The molecule has 5 nitrogen and oxygen atoms in total. The minimum atomic E-state index is -1.00. The van der Waals surface area contributed by atoms with E-state index in [4.69, 9.17) is 4.74 Å². The van der Waals surface area contributed by atoms with Gasteiger partial charge in [-0.05, 0) is 109 Å². The van der Waals surface area contributed by atoms with Crippen LogP contribution in [0.5, 0.6) is 0 Å². The van der Waals surface area contributed by atoms with E-state index >= 15 is 0 Å². The summed E-state index contributed by atoms with van der Waals surface area (Å²) in [6, 6.07) is 23.4. The number of ether oxygens (including phenoxy) is 1. The maximum atomic E-state index is 12.8. The molecule has 282 valence electrons. The van der Waals surface area contributed by atoms with Gasteiger partial charge in [0.25, 0.3) is 5.91 Å². The van der Waals surface area contributed by atoms with E-state index in [1.165, 1.54) is 22.6 Å². The summed E-state index contributed by atoms with van der Waals surface area (Å²) >= 11 is 5.29. The molecular formula is C43H63NO4S3. The molecule has 51 heavy (non-hydrogen) atoms. The summed E-state index contributed by atoms with van der Waals surface area (Å²) in [5, 5.41) is 12.8. The molecule has 3 aromatic rings. The van der Waals surface area contributed by atoms with Gasteiger partial charge in [0.05, 0.1) is 0 Å². The molecule has 1 amide bonds. The van der Waals surface area contributed by atoms with E-state index in [1.54, 1.807) is 42.8 Å². The summed E-state index contributed by atoms with van der Waals surface area (Å²) in [5.74, 6) is -0.0305. The van der Waals surface area contributed by atoms with Gasteiger partial charge >= 0.3 is 5.97 Å². The Morgan fingerprint density at radius 2 is 1.63 bits per heavy atom. The third-order valence-corrected chi connectivity index (χ3v) is 10.5. The SMILES string of the molecule is C=C/C=C(\C)SC.CC.CCC(CC(C)COC)Sc1ccccc1.CCc1ccc(C(=O)NC(CCSC)C(=O)O)c(-c2ccccc2C)c1. The Hall–Kier alpha value is -2.91. The Balaban J connectivity index is 0.000000847. The van der Waals surface area contributed by atoms with Gasteiger partial charge in [0, 0.05) is 29.4 Å². The molecule has 0 fully saturated rings. The van der Waals surface area contributed by atoms with E-state index < -0.39 is 12.0 Å². The predicted molar refractivity (Wildman–Crippen MR) is 229 cm³/mol. The highest BCUT2D eigenvalue weighted by atomic mass is 32.2. The van der Waals surface area contributed by atoms with Crippen molar-refractivity contribution in [2.45, 2.75) is 90.3 Å². The van der Waals surface area contributed by atoms with Crippen LogP contribution >= 0.6 is 35.3 Å². The number of carbonyl (C=O) groups is 2. The Morgan fingerprint density at radius 1 is 0.980 bits per heavy atom. The molecule has 0 aliphatic heterocycles. The van der Waals surface area contributed by atoms with Crippen molar-refractivity contribution in [1.82, 2.24) is 5.32 Å². The lowest BCUT2D eigenvalue weighted by atomic mass is 9.93. The summed E-state index contributed by atoms with van der Waals surface area (Å²) in [5.41, 5.74) is 4.55. The first-order chi connectivity index (χ1) is 24.5. The van der Waals surface area contributed by atoms with Gasteiger partial charge in [-0.1, -0.05) is 108 Å². The molecule has 0 spiro atoms. The second kappa shape index (κ2) is 29.6. The first kappa shape index (κ1) is 48.1. The Morgan fingerprint density at radius 3 is 2.14 bits per heavy atom. The van der Waals surface area contributed by atoms with Crippen molar-refractivity contribution in [3.63, 3.8) is 0 Å². The lowest BCUT2D eigenvalue weighted by Gasteiger charge is -2.18. The normalized spacial score (nSPS) is 12.3. The fraction of sp³-hybridized carbons (Fsp3) is 0.442. The number of carbonyl (C=O) groups excluding carboxylic acids is 1. The Labute approximate surface area is 322 Å². The molecule has 3 aromatic carbocycles. The maximum absolute atomic E-state index is 12.8. The van der Waals surface area contributed by atoms with Crippen LogP contribution in [0.2, 0.25) is 0 Å². The van der Waals surface area contributed by atoms with Gasteiger partial charge in [-0.15, -0.1) is 23.5 Å². The summed E-state index contributed by atoms with van der Waals surface area (Å²) < 4.78 is 5.19. The zero-order valence-electron chi connectivity index (χ0n) is 32.7. The van der Waals surface area contributed by atoms with Crippen LogP contribution in [0.4, 0.5) is 0 Å². The lowest BCUT2D eigenvalue weighted by Crippen LogP contribution is -2.41. The van der Waals surface area contributed by atoms with Crippen LogP contribution in [0.25, 0.3) is 11.1 Å². The number of nitrogens with one attached hydrogen (secondary N) is 1. The molecule has 0 bridgehead atoms. The van der Waals surface area contributed by atoms with Crippen LogP contribution in [0.1, 0.15) is 82.3 Å². The minimum Gasteiger partial charge on any atom is -0.480 e.